The van der Waals surface area contributed by atoms with Gasteiger partial charge in [-0.25, -0.2) is 14.2 Å². The van der Waals surface area contributed by atoms with Crippen molar-refractivity contribution >= 4 is 16.9 Å². The van der Waals surface area contributed by atoms with E-state index in [0.717, 1.165) is 4.57 Å². The number of carboxylic acids is 1. The van der Waals surface area contributed by atoms with E-state index in [1.807, 2.05) is 0 Å². The van der Waals surface area contributed by atoms with Gasteiger partial charge in [-0.05, 0) is 36.8 Å². The van der Waals surface area contributed by atoms with E-state index in [-0.39, 0.29) is 28.2 Å². The molecule has 0 aliphatic rings. The van der Waals surface area contributed by atoms with Gasteiger partial charge in [0.1, 0.15) is 5.82 Å². The van der Waals surface area contributed by atoms with Gasteiger partial charge in [0.15, 0.2) is 5.75 Å². The lowest BCUT2D eigenvalue weighted by molar-refractivity contribution is 0.0697. The number of carbonyl (C=O) groups is 1. The first kappa shape index (κ1) is 17.2. The minimum absolute atomic E-state index is 0.0213. The highest BCUT2D eigenvalue weighted by molar-refractivity contribution is 5.94. The zero-order chi connectivity index (χ0) is 19.0. The van der Waals surface area contributed by atoms with Gasteiger partial charge in [-0.2, -0.15) is 4.98 Å². The molecule has 0 fully saturated rings. The maximum absolute atomic E-state index is 12.9. The molecule has 0 atom stereocenters. The van der Waals surface area contributed by atoms with Gasteiger partial charge in [0, 0.05) is 0 Å². The van der Waals surface area contributed by atoms with E-state index in [9.17, 15) is 14.4 Å². The van der Waals surface area contributed by atoms with Crippen molar-refractivity contribution in [2.24, 2.45) is 0 Å². The van der Waals surface area contributed by atoms with Crippen molar-refractivity contribution in [3.05, 3.63) is 56.2 Å². The smallest absolute Gasteiger partial charge is 0.335 e. The molecule has 0 amide bonds. The Morgan fingerprint density at radius 3 is 2.54 bits per heavy atom. The maximum atomic E-state index is 12.9. The number of hydrogen-bond donors (Lipinski definition) is 2. The van der Waals surface area contributed by atoms with Crippen LogP contribution in [0.2, 0.25) is 0 Å². The molecule has 2 heterocycles. The van der Waals surface area contributed by atoms with Gasteiger partial charge in [0.05, 0.1) is 30.7 Å². The molecule has 134 valence electrons. The molecule has 0 saturated heterocycles. The molecule has 0 radical (unpaired) electrons. The fraction of sp³-hybridized carbons (Fsp3) is 0.176. The Morgan fingerprint density at radius 2 is 1.92 bits per heavy atom. The molecular formula is C17H15N3O6. The van der Waals surface area contributed by atoms with Crippen LogP contribution in [0.1, 0.15) is 15.9 Å². The minimum Gasteiger partial charge on any atom is -0.491 e. The molecule has 2 aromatic heterocycles. The number of aromatic amines is 1. The Bertz CT molecular complexity index is 1150. The van der Waals surface area contributed by atoms with Crippen LogP contribution in [-0.4, -0.2) is 39.8 Å². The van der Waals surface area contributed by atoms with Crippen LogP contribution in [0, 0.1) is 6.92 Å². The van der Waals surface area contributed by atoms with Gasteiger partial charge in [-0.3, -0.25) is 4.79 Å². The number of benzene rings is 1. The number of H-pyrrole nitrogens is 1. The maximum Gasteiger partial charge on any atom is 0.335 e. The summed E-state index contributed by atoms with van der Waals surface area (Å²) in [6.07, 6.45) is 0. The predicted molar refractivity (Wildman–Crippen MR) is 92.8 cm³/mol. The first-order valence-corrected chi connectivity index (χ1v) is 7.49. The Hall–Kier alpha value is -3.62. The van der Waals surface area contributed by atoms with Crippen LogP contribution in [0.4, 0.5) is 0 Å². The highest BCUT2D eigenvalue weighted by atomic mass is 16.5. The summed E-state index contributed by atoms with van der Waals surface area (Å²) >= 11 is 0. The summed E-state index contributed by atoms with van der Waals surface area (Å²) in [4.78, 5) is 43.2. The van der Waals surface area contributed by atoms with Crippen LogP contribution < -0.4 is 20.7 Å². The van der Waals surface area contributed by atoms with Crippen molar-refractivity contribution in [2.45, 2.75) is 6.92 Å². The summed E-state index contributed by atoms with van der Waals surface area (Å²) in [5, 5.41) is 9.34. The number of rotatable bonds is 4. The van der Waals surface area contributed by atoms with Crippen LogP contribution in [0.25, 0.3) is 16.7 Å². The summed E-state index contributed by atoms with van der Waals surface area (Å²) < 4.78 is 11.1. The number of methoxy groups -OCH3 is 2. The molecule has 0 aliphatic carbocycles. The largest absolute Gasteiger partial charge is 0.491 e. The van der Waals surface area contributed by atoms with Gasteiger partial charge in [0.25, 0.3) is 11.4 Å². The number of nitrogens with zero attached hydrogens (tertiary/aromatic N) is 2. The number of fused-ring (bicyclic) bond motifs is 1. The molecule has 26 heavy (non-hydrogen) atoms. The van der Waals surface area contributed by atoms with E-state index in [2.05, 4.69) is 9.97 Å². The van der Waals surface area contributed by atoms with Crippen molar-refractivity contribution in [1.82, 2.24) is 14.5 Å². The summed E-state index contributed by atoms with van der Waals surface area (Å²) in [6.45, 7) is 1.60. The predicted octanol–water partition coefficient (Wildman–Crippen LogP) is 1.10. The second-order valence-corrected chi connectivity index (χ2v) is 5.47. The summed E-state index contributed by atoms with van der Waals surface area (Å²) in [5.41, 5.74) is -0.807. The van der Waals surface area contributed by atoms with Crippen molar-refractivity contribution in [1.29, 1.82) is 0 Å². The molecule has 0 bridgehead atoms. The van der Waals surface area contributed by atoms with E-state index in [0.29, 0.717) is 11.3 Å². The van der Waals surface area contributed by atoms with Crippen LogP contribution in [0.3, 0.4) is 0 Å². The average molecular weight is 357 g/mol. The molecule has 0 saturated carbocycles. The number of pyridine rings is 1. The van der Waals surface area contributed by atoms with Gasteiger partial charge in [0.2, 0.25) is 0 Å². The van der Waals surface area contributed by atoms with Crippen molar-refractivity contribution in [3.63, 3.8) is 0 Å². The van der Waals surface area contributed by atoms with E-state index >= 15 is 0 Å². The Balaban J connectivity index is 2.34. The van der Waals surface area contributed by atoms with Gasteiger partial charge in [-0.1, -0.05) is 0 Å². The topological polar surface area (TPSA) is 124 Å². The molecule has 3 aromatic rings. The zero-order valence-electron chi connectivity index (χ0n) is 14.2. The van der Waals surface area contributed by atoms with Crippen LogP contribution in [0.5, 0.6) is 11.6 Å². The monoisotopic (exact) mass is 357 g/mol. The molecule has 3 rings (SSSR count). The quantitative estimate of drug-likeness (QED) is 0.716. The van der Waals surface area contributed by atoms with Gasteiger partial charge < -0.3 is 19.6 Å². The Morgan fingerprint density at radius 1 is 1.19 bits per heavy atom. The number of aromatic carboxylic acids is 1. The SMILES string of the molecule is COc1ccc(-n2c(=O)[nH]c3cc(C(=O)O)cc(C)c3c2=O)nc1OC. The lowest BCUT2D eigenvalue weighted by atomic mass is 10.1. The number of aromatic nitrogens is 3. The number of hydrogen-bond acceptors (Lipinski definition) is 6. The van der Waals surface area contributed by atoms with Gasteiger partial charge in [-0.15, -0.1) is 0 Å². The molecular weight excluding hydrogens is 342 g/mol. The fourth-order valence-electron chi connectivity index (χ4n) is 2.72. The summed E-state index contributed by atoms with van der Waals surface area (Å²) in [6, 6.07) is 5.60. The summed E-state index contributed by atoms with van der Waals surface area (Å²) in [5.74, 6) is -0.628. The number of nitrogens with one attached hydrogen (secondary N) is 1. The second kappa shape index (κ2) is 6.36. The molecule has 1 aromatic carbocycles. The van der Waals surface area contributed by atoms with Crippen molar-refractivity contribution < 1.29 is 19.4 Å². The third-order valence-electron chi connectivity index (χ3n) is 3.90. The van der Waals surface area contributed by atoms with E-state index < -0.39 is 17.2 Å². The average Bonchev–Trinajstić information content (AvgIpc) is 2.60. The molecule has 0 aliphatic heterocycles. The highest BCUT2D eigenvalue weighted by Crippen LogP contribution is 2.24. The Kier molecular flexibility index (Phi) is 4.21. The number of ether oxygens (including phenoxy) is 2. The highest BCUT2D eigenvalue weighted by Gasteiger charge is 2.16. The first-order chi connectivity index (χ1) is 12.4. The van der Waals surface area contributed by atoms with Gasteiger partial charge >= 0.3 is 11.7 Å². The van der Waals surface area contributed by atoms with Crippen molar-refractivity contribution in [2.75, 3.05) is 14.2 Å². The number of aryl methyl sites for hydroxylation is 1. The molecule has 0 unspecified atom stereocenters. The fourth-order valence-corrected chi connectivity index (χ4v) is 2.72. The summed E-state index contributed by atoms with van der Waals surface area (Å²) in [7, 11) is 2.83. The molecule has 9 heteroatoms. The van der Waals surface area contributed by atoms with E-state index in [1.54, 1.807) is 6.92 Å². The third-order valence-corrected chi connectivity index (χ3v) is 3.90. The Labute approximate surface area is 146 Å². The molecule has 9 nitrogen and oxygen atoms in total. The molecule has 2 N–H and O–H groups in total. The van der Waals surface area contributed by atoms with E-state index in [1.165, 1.54) is 38.5 Å². The van der Waals surface area contributed by atoms with Crippen LogP contribution in [0.15, 0.2) is 33.9 Å². The van der Waals surface area contributed by atoms with E-state index in [4.69, 9.17) is 14.6 Å². The second-order valence-electron chi connectivity index (χ2n) is 5.47. The lowest BCUT2D eigenvalue weighted by Gasteiger charge is -2.11. The number of carboxylic acid groups (broad SMARTS) is 1. The molecule has 0 spiro atoms. The van der Waals surface area contributed by atoms with Crippen LogP contribution in [-0.2, 0) is 0 Å². The zero-order valence-corrected chi connectivity index (χ0v) is 14.2. The normalized spacial score (nSPS) is 10.7. The first-order valence-electron chi connectivity index (χ1n) is 7.49. The standard InChI is InChI=1S/C17H15N3O6/c1-8-6-9(16(22)23)7-10-13(8)15(21)20(17(24)18-10)12-5-4-11(25-2)14(19-12)26-3/h4-7H,1-3H3,(H,18,24)(H,22,23). The lowest BCUT2D eigenvalue weighted by Crippen LogP contribution is -2.34. The minimum atomic E-state index is -1.15. The third kappa shape index (κ3) is 2.69. The van der Waals surface area contributed by atoms with Crippen molar-refractivity contribution in [3.8, 4) is 17.4 Å². The van der Waals surface area contributed by atoms with Crippen LogP contribution >= 0.6 is 0 Å².